The number of carbonyl (C=O) groups excluding carboxylic acids is 1. The first-order valence-electron chi connectivity index (χ1n) is 9.35. The Labute approximate surface area is 167 Å². The van der Waals surface area contributed by atoms with E-state index in [2.05, 4.69) is 62.1 Å². The van der Waals surface area contributed by atoms with Gasteiger partial charge in [0.1, 0.15) is 12.4 Å². The van der Waals surface area contributed by atoms with Gasteiger partial charge in [0.15, 0.2) is 5.78 Å². The number of nitrogens with zero attached hydrogens (tertiary/aromatic N) is 4. The van der Waals surface area contributed by atoms with E-state index in [4.69, 9.17) is 0 Å². The van der Waals surface area contributed by atoms with Gasteiger partial charge in [0.25, 0.3) is 0 Å². The molecule has 0 spiro atoms. The van der Waals surface area contributed by atoms with E-state index in [0.29, 0.717) is 12.4 Å². The quantitative estimate of drug-likeness (QED) is 0.735. The lowest BCUT2D eigenvalue weighted by atomic mass is 9.80. The van der Waals surface area contributed by atoms with Crippen molar-refractivity contribution in [1.82, 2.24) is 14.8 Å². The molecule has 0 bridgehead atoms. The van der Waals surface area contributed by atoms with Crippen molar-refractivity contribution in [2.45, 2.75) is 24.8 Å². The number of allylic oxidation sites excluding steroid dienone is 2. The van der Waals surface area contributed by atoms with E-state index in [1.54, 1.807) is 17.7 Å². The molecule has 0 amide bonds. The molecule has 2 atom stereocenters. The van der Waals surface area contributed by atoms with E-state index in [9.17, 15) is 4.79 Å². The summed E-state index contributed by atoms with van der Waals surface area (Å²) in [4.78, 5) is 21.0. The third kappa shape index (κ3) is 2.74. The second-order valence-corrected chi connectivity index (χ2v) is 8.46. The number of hydrogen-bond acceptors (Lipinski definition) is 6. The molecule has 142 valence electrons. The van der Waals surface area contributed by atoms with Crippen molar-refractivity contribution in [3.8, 4) is 0 Å². The van der Waals surface area contributed by atoms with E-state index in [1.165, 1.54) is 4.88 Å². The topological polar surface area (TPSA) is 63.1 Å². The molecule has 0 radical (unpaired) electrons. The van der Waals surface area contributed by atoms with Gasteiger partial charge in [-0.05, 0) is 35.6 Å². The first-order valence-corrected chi connectivity index (χ1v) is 10.2. The van der Waals surface area contributed by atoms with Crippen LogP contribution in [0.3, 0.4) is 0 Å². The summed E-state index contributed by atoms with van der Waals surface area (Å²) in [6.45, 7) is 0. The molecule has 1 aromatic carbocycles. The Morgan fingerprint density at radius 1 is 1.18 bits per heavy atom. The molecule has 1 aliphatic carbocycles. The van der Waals surface area contributed by atoms with Gasteiger partial charge in [0.2, 0.25) is 5.95 Å². The molecule has 6 nitrogen and oxygen atoms in total. The smallest absolute Gasteiger partial charge is 0.226 e. The van der Waals surface area contributed by atoms with Crippen LogP contribution >= 0.6 is 11.3 Å². The fraction of sp³-hybridized carbons (Fsp3) is 0.286. The number of fused-ring (bicyclic) bond motifs is 1. The van der Waals surface area contributed by atoms with Crippen LogP contribution in [0.15, 0.2) is 59.4 Å². The van der Waals surface area contributed by atoms with Gasteiger partial charge in [-0.2, -0.15) is 10.1 Å². The first kappa shape index (κ1) is 17.2. The summed E-state index contributed by atoms with van der Waals surface area (Å²) in [5, 5.41) is 9.86. The van der Waals surface area contributed by atoms with Gasteiger partial charge >= 0.3 is 0 Å². The highest BCUT2D eigenvalue weighted by Crippen LogP contribution is 2.44. The van der Waals surface area contributed by atoms with Crippen LogP contribution in [0.25, 0.3) is 0 Å². The second-order valence-electron chi connectivity index (χ2n) is 7.48. The summed E-state index contributed by atoms with van der Waals surface area (Å²) in [6.07, 6.45) is 2.90. The van der Waals surface area contributed by atoms with Gasteiger partial charge in [-0.15, -0.1) is 11.3 Å². The number of hydrogen-bond donors (Lipinski definition) is 1. The monoisotopic (exact) mass is 391 g/mol. The molecule has 1 aliphatic heterocycles. The minimum Gasteiger partial charge on any atom is -0.378 e. The number of carbonyl (C=O) groups is 1. The molecule has 3 aromatic rings. The number of Topliss-reactive ketones (excluding diaryl/α,β-unsaturated/α-hetero) is 1. The van der Waals surface area contributed by atoms with Crippen molar-refractivity contribution in [2.24, 2.45) is 0 Å². The lowest BCUT2D eigenvalue weighted by molar-refractivity contribution is -0.116. The van der Waals surface area contributed by atoms with Crippen LogP contribution in [0, 0.1) is 0 Å². The highest BCUT2D eigenvalue weighted by atomic mass is 32.1. The molecular weight excluding hydrogens is 370 g/mol. The zero-order valence-corrected chi connectivity index (χ0v) is 16.6. The Morgan fingerprint density at radius 3 is 2.71 bits per heavy atom. The molecule has 0 saturated carbocycles. The van der Waals surface area contributed by atoms with Crippen molar-refractivity contribution >= 4 is 28.8 Å². The molecule has 7 heteroatoms. The van der Waals surface area contributed by atoms with Crippen molar-refractivity contribution in [3.05, 3.63) is 69.8 Å². The maximum atomic E-state index is 13.3. The molecule has 28 heavy (non-hydrogen) atoms. The van der Waals surface area contributed by atoms with Gasteiger partial charge in [-0.1, -0.05) is 18.2 Å². The van der Waals surface area contributed by atoms with Crippen LogP contribution in [0.1, 0.15) is 35.2 Å². The van der Waals surface area contributed by atoms with Crippen LogP contribution in [0.4, 0.5) is 11.6 Å². The minimum atomic E-state index is -0.234. The van der Waals surface area contributed by atoms with Crippen LogP contribution in [0.2, 0.25) is 0 Å². The van der Waals surface area contributed by atoms with E-state index >= 15 is 0 Å². The number of thiophene rings is 1. The third-order valence-corrected chi connectivity index (χ3v) is 6.57. The molecule has 2 aliphatic rings. The predicted molar refractivity (Wildman–Crippen MR) is 111 cm³/mol. The van der Waals surface area contributed by atoms with Crippen LogP contribution in [0.5, 0.6) is 0 Å². The zero-order valence-electron chi connectivity index (χ0n) is 15.8. The summed E-state index contributed by atoms with van der Waals surface area (Å²) in [6, 6.07) is 12.3. The van der Waals surface area contributed by atoms with Crippen LogP contribution in [-0.4, -0.2) is 34.6 Å². The van der Waals surface area contributed by atoms with E-state index in [0.717, 1.165) is 28.9 Å². The summed E-state index contributed by atoms with van der Waals surface area (Å²) < 4.78 is 1.83. The van der Waals surface area contributed by atoms with E-state index in [-0.39, 0.29) is 17.7 Å². The zero-order chi connectivity index (χ0) is 19.3. The van der Waals surface area contributed by atoms with Gasteiger partial charge < -0.3 is 10.2 Å². The summed E-state index contributed by atoms with van der Waals surface area (Å²) in [5.74, 6) is 1.11. The number of nitrogens with one attached hydrogen (secondary N) is 1. The fourth-order valence-electron chi connectivity index (χ4n) is 4.14. The maximum Gasteiger partial charge on any atom is 0.226 e. The SMILES string of the molecule is CN(C)c1ccc([C@@H]2C3=C(C[C@H](c4cccs4)CC3=O)Nc3ncnn32)cc1. The van der Waals surface area contributed by atoms with Gasteiger partial charge in [-0.3, -0.25) is 4.79 Å². The standard InChI is InChI=1S/C21H21N5OS/c1-25(2)15-7-5-13(6-8-15)20-19-16(24-21-22-12-23-26(20)21)10-14(11-17(19)27)18-4-3-9-28-18/h3-9,12,14,20H,10-11H2,1-2H3,(H,22,23,24)/t14-,20+/m0/s1. The molecule has 0 unspecified atom stereocenters. The summed E-state index contributed by atoms with van der Waals surface area (Å²) in [5.41, 5.74) is 3.98. The number of aromatic nitrogens is 3. The molecule has 2 aromatic heterocycles. The Hall–Kier alpha value is -2.93. The number of anilines is 2. The van der Waals surface area contributed by atoms with E-state index in [1.807, 2.05) is 18.8 Å². The Balaban J connectivity index is 1.58. The second kappa shape index (κ2) is 6.60. The van der Waals surface area contributed by atoms with Crippen molar-refractivity contribution < 1.29 is 4.79 Å². The molecule has 0 fully saturated rings. The molecule has 0 saturated heterocycles. The van der Waals surface area contributed by atoms with E-state index < -0.39 is 0 Å². The predicted octanol–water partition coefficient (Wildman–Crippen LogP) is 3.82. The Bertz CT molecular complexity index is 1050. The number of benzene rings is 1. The molecule has 5 rings (SSSR count). The number of rotatable bonds is 3. The minimum absolute atomic E-state index is 0.190. The van der Waals surface area contributed by atoms with Crippen LogP contribution in [-0.2, 0) is 4.79 Å². The normalized spacial score (nSPS) is 21.1. The van der Waals surface area contributed by atoms with Gasteiger partial charge in [0.05, 0.1) is 0 Å². The van der Waals surface area contributed by atoms with Gasteiger partial charge in [0, 0.05) is 48.3 Å². The van der Waals surface area contributed by atoms with Crippen LogP contribution < -0.4 is 10.2 Å². The molecule has 1 N–H and O–H groups in total. The average Bonchev–Trinajstić information content (AvgIpc) is 3.38. The van der Waals surface area contributed by atoms with Gasteiger partial charge in [-0.25, -0.2) is 4.68 Å². The first-order chi connectivity index (χ1) is 13.6. The molecule has 3 heterocycles. The fourth-order valence-corrected chi connectivity index (χ4v) is 4.97. The van der Waals surface area contributed by atoms with Crippen molar-refractivity contribution in [2.75, 3.05) is 24.3 Å². The Kier molecular flexibility index (Phi) is 4.05. The lowest BCUT2D eigenvalue weighted by Gasteiger charge is -2.35. The lowest BCUT2D eigenvalue weighted by Crippen LogP contribution is -2.33. The molecular formula is C21H21N5OS. The van der Waals surface area contributed by atoms with Crippen molar-refractivity contribution in [1.29, 1.82) is 0 Å². The largest absolute Gasteiger partial charge is 0.378 e. The number of ketones is 1. The average molecular weight is 392 g/mol. The van der Waals surface area contributed by atoms with Crippen molar-refractivity contribution in [3.63, 3.8) is 0 Å². The maximum absolute atomic E-state index is 13.3. The highest BCUT2D eigenvalue weighted by molar-refractivity contribution is 7.10. The highest BCUT2D eigenvalue weighted by Gasteiger charge is 2.39. The third-order valence-electron chi connectivity index (χ3n) is 5.53. The summed E-state index contributed by atoms with van der Waals surface area (Å²) in [7, 11) is 4.04. The summed E-state index contributed by atoms with van der Waals surface area (Å²) >= 11 is 1.72. The Morgan fingerprint density at radius 2 is 2.00 bits per heavy atom.